The standard InChI is InChI=1S/C9H14N2/c1-8(2)6-5-7-9(8,3)11(4)10-7/h5-6H,1-4H3/t9-/m0/s1. The third-order valence-corrected chi connectivity index (χ3v) is 3.32. The molecule has 2 aliphatic rings. The molecule has 11 heavy (non-hydrogen) atoms. The molecule has 0 aromatic carbocycles. The van der Waals surface area contributed by atoms with Gasteiger partial charge in [0.25, 0.3) is 0 Å². The van der Waals surface area contributed by atoms with Crippen LogP contribution in [0.15, 0.2) is 17.3 Å². The van der Waals surface area contributed by atoms with Gasteiger partial charge in [-0.1, -0.05) is 19.9 Å². The molecule has 0 saturated heterocycles. The van der Waals surface area contributed by atoms with E-state index in [1.54, 1.807) is 0 Å². The van der Waals surface area contributed by atoms with Gasteiger partial charge in [-0.25, -0.2) is 0 Å². The summed E-state index contributed by atoms with van der Waals surface area (Å²) in [5.41, 5.74) is 1.62. The van der Waals surface area contributed by atoms with Crippen LogP contribution in [0, 0.1) is 5.41 Å². The van der Waals surface area contributed by atoms with Crippen LogP contribution in [0.4, 0.5) is 0 Å². The summed E-state index contributed by atoms with van der Waals surface area (Å²) >= 11 is 0. The molecule has 1 heterocycles. The minimum absolute atomic E-state index is 0.160. The highest BCUT2D eigenvalue weighted by Crippen LogP contribution is 2.47. The minimum atomic E-state index is 0.160. The van der Waals surface area contributed by atoms with E-state index in [1.165, 1.54) is 5.71 Å². The van der Waals surface area contributed by atoms with Gasteiger partial charge in [0.2, 0.25) is 0 Å². The monoisotopic (exact) mass is 150 g/mol. The number of nitrogens with zero attached hydrogens (tertiary/aromatic N) is 2. The average Bonchev–Trinajstić information content (AvgIpc) is 2.10. The Morgan fingerprint density at radius 2 is 2.00 bits per heavy atom. The largest absolute Gasteiger partial charge is 0.287 e. The molecule has 60 valence electrons. The molecule has 0 unspecified atom stereocenters. The number of hydrogen-bond acceptors (Lipinski definition) is 2. The van der Waals surface area contributed by atoms with Crippen molar-refractivity contribution in [2.45, 2.75) is 26.3 Å². The molecule has 0 amide bonds. The van der Waals surface area contributed by atoms with Gasteiger partial charge in [-0.15, -0.1) is 0 Å². The molecule has 2 rings (SSSR count). The Balaban J connectivity index is 2.48. The van der Waals surface area contributed by atoms with Gasteiger partial charge in [0.1, 0.15) is 5.54 Å². The van der Waals surface area contributed by atoms with Gasteiger partial charge in [-0.2, -0.15) is 5.10 Å². The number of fused-ring (bicyclic) bond motifs is 1. The van der Waals surface area contributed by atoms with Gasteiger partial charge in [0, 0.05) is 12.5 Å². The second kappa shape index (κ2) is 1.52. The van der Waals surface area contributed by atoms with E-state index in [4.69, 9.17) is 0 Å². The van der Waals surface area contributed by atoms with Gasteiger partial charge in [-0.3, -0.25) is 5.01 Å². The Labute approximate surface area is 67.6 Å². The fourth-order valence-electron chi connectivity index (χ4n) is 1.87. The molecule has 0 aromatic heterocycles. The second-order valence-corrected chi connectivity index (χ2v) is 4.14. The number of hydrogen-bond donors (Lipinski definition) is 0. The summed E-state index contributed by atoms with van der Waals surface area (Å²) in [4.78, 5) is 0. The van der Waals surface area contributed by atoms with Crippen molar-refractivity contribution in [3.05, 3.63) is 12.2 Å². The third kappa shape index (κ3) is 0.525. The summed E-state index contributed by atoms with van der Waals surface area (Å²) in [6.45, 7) is 6.75. The van der Waals surface area contributed by atoms with Crippen LogP contribution in [0.2, 0.25) is 0 Å². The zero-order valence-corrected chi connectivity index (χ0v) is 7.55. The Hall–Kier alpha value is -0.790. The zero-order chi connectivity index (χ0) is 8.28. The molecule has 0 spiro atoms. The first-order valence-electron chi connectivity index (χ1n) is 4.01. The Bertz CT molecular complexity index is 263. The van der Waals surface area contributed by atoms with Gasteiger partial charge in [0.05, 0.1) is 5.71 Å². The fraction of sp³-hybridized carbons (Fsp3) is 0.667. The molecule has 2 nitrogen and oxygen atoms in total. The normalized spacial score (nSPS) is 38.2. The van der Waals surface area contributed by atoms with Crippen molar-refractivity contribution < 1.29 is 0 Å². The molecule has 0 bridgehead atoms. The molecule has 0 N–H and O–H groups in total. The van der Waals surface area contributed by atoms with Crippen molar-refractivity contribution >= 4 is 5.71 Å². The molecule has 1 aliphatic carbocycles. The van der Waals surface area contributed by atoms with Crippen LogP contribution in [0.25, 0.3) is 0 Å². The summed E-state index contributed by atoms with van der Waals surface area (Å²) in [5, 5.41) is 6.37. The van der Waals surface area contributed by atoms with Crippen LogP contribution >= 0.6 is 0 Å². The first kappa shape index (κ1) is 6.89. The molecular formula is C9H14N2. The van der Waals surface area contributed by atoms with Gasteiger partial charge in [0.15, 0.2) is 0 Å². The van der Waals surface area contributed by atoms with Crippen LogP contribution in [-0.4, -0.2) is 23.3 Å². The van der Waals surface area contributed by atoms with E-state index in [1.807, 2.05) is 7.05 Å². The van der Waals surface area contributed by atoms with Gasteiger partial charge < -0.3 is 0 Å². The maximum Gasteiger partial charge on any atom is 0.107 e. The SMILES string of the molecule is CN1N=C2C=CC(C)(C)[C@]21C. The first-order chi connectivity index (χ1) is 4.98. The average molecular weight is 150 g/mol. The third-order valence-electron chi connectivity index (χ3n) is 3.32. The summed E-state index contributed by atoms with van der Waals surface area (Å²) in [5.74, 6) is 0. The summed E-state index contributed by atoms with van der Waals surface area (Å²) in [7, 11) is 2.04. The van der Waals surface area contributed by atoms with Gasteiger partial charge >= 0.3 is 0 Å². The predicted octanol–water partition coefficient (Wildman–Crippen LogP) is 1.64. The van der Waals surface area contributed by atoms with E-state index in [0.717, 1.165) is 0 Å². The van der Waals surface area contributed by atoms with E-state index in [9.17, 15) is 0 Å². The quantitative estimate of drug-likeness (QED) is 0.512. The summed E-state index contributed by atoms with van der Waals surface area (Å²) in [6, 6.07) is 0. The topological polar surface area (TPSA) is 15.6 Å². The second-order valence-electron chi connectivity index (χ2n) is 4.14. The number of rotatable bonds is 0. The fourth-order valence-corrected chi connectivity index (χ4v) is 1.87. The van der Waals surface area contributed by atoms with E-state index >= 15 is 0 Å². The van der Waals surface area contributed by atoms with Crippen LogP contribution < -0.4 is 0 Å². The Kier molecular flexibility index (Phi) is 0.952. The van der Waals surface area contributed by atoms with Crippen LogP contribution in [-0.2, 0) is 0 Å². The van der Waals surface area contributed by atoms with E-state index in [-0.39, 0.29) is 11.0 Å². The van der Waals surface area contributed by atoms with E-state index < -0.39 is 0 Å². The lowest BCUT2D eigenvalue weighted by molar-refractivity contribution is 0.0835. The van der Waals surface area contributed by atoms with Gasteiger partial charge in [-0.05, 0) is 13.0 Å². The highest BCUT2D eigenvalue weighted by Gasteiger charge is 2.54. The zero-order valence-electron chi connectivity index (χ0n) is 7.55. The maximum absolute atomic E-state index is 4.31. The molecular weight excluding hydrogens is 136 g/mol. The van der Waals surface area contributed by atoms with Crippen LogP contribution in [0.5, 0.6) is 0 Å². The van der Waals surface area contributed by atoms with E-state index in [2.05, 4.69) is 43.0 Å². The Morgan fingerprint density at radius 1 is 1.36 bits per heavy atom. The lowest BCUT2D eigenvalue weighted by Crippen LogP contribution is -2.61. The van der Waals surface area contributed by atoms with Crippen molar-refractivity contribution in [2.24, 2.45) is 10.5 Å². The van der Waals surface area contributed by atoms with Crippen molar-refractivity contribution in [2.75, 3.05) is 7.05 Å². The lowest BCUT2D eigenvalue weighted by atomic mass is 9.73. The highest BCUT2D eigenvalue weighted by atomic mass is 15.5. The Morgan fingerprint density at radius 3 is 2.36 bits per heavy atom. The molecule has 0 aromatic rings. The molecule has 2 heteroatoms. The minimum Gasteiger partial charge on any atom is -0.287 e. The molecule has 1 atom stereocenters. The first-order valence-corrected chi connectivity index (χ1v) is 4.01. The maximum atomic E-state index is 4.31. The summed E-state index contributed by atoms with van der Waals surface area (Å²) < 4.78 is 0. The van der Waals surface area contributed by atoms with Crippen LogP contribution in [0.3, 0.4) is 0 Å². The van der Waals surface area contributed by atoms with E-state index in [0.29, 0.717) is 0 Å². The highest BCUT2D eigenvalue weighted by molar-refractivity contribution is 6.08. The van der Waals surface area contributed by atoms with Crippen molar-refractivity contribution in [3.8, 4) is 0 Å². The van der Waals surface area contributed by atoms with Crippen LogP contribution in [0.1, 0.15) is 20.8 Å². The van der Waals surface area contributed by atoms with Crippen molar-refractivity contribution in [3.63, 3.8) is 0 Å². The lowest BCUT2D eigenvalue weighted by Gasteiger charge is -2.50. The predicted molar refractivity (Wildman–Crippen MR) is 46.5 cm³/mol. The smallest absolute Gasteiger partial charge is 0.107 e. The molecule has 0 saturated carbocycles. The summed E-state index contributed by atoms with van der Waals surface area (Å²) in [6.07, 6.45) is 4.38. The number of hydrazone groups is 1. The van der Waals surface area contributed by atoms with Crippen molar-refractivity contribution in [1.29, 1.82) is 0 Å². The molecule has 0 fully saturated rings. The van der Waals surface area contributed by atoms with Crippen molar-refractivity contribution in [1.82, 2.24) is 5.01 Å². The molecule has 0 radical (unpaired) electrons. The molecule has 1 aliphatic heterocycles.